The summed E-state index contributed by atoms with van der Waals surface area (Å²) >= 11 is 5.92. The highest BCUT2D eigenvalue weighted by atomic mass is 35.5. The summed E-state index contributed by atoms with van der Waals surface area (Å²) in [7, 11) is 1.57. The van der Waals surface area contributed by atoms with Crippen molar-refractivity contribution in [3.63, 3.8) is 0 Å². The van der Waals surface area contributed by atoms with Crippen molar-refractivity contribution < 1.29 is 14.6 Å². The molecule has 5 nitrogen and oxygen atoms in total. The third kappa shape index (κ3) is 3.59. The number of hydrogen-bond acceptors (Lipinski definition) is 4. The lowest BCUT2D eigenvalue weighted by atomic mass is 10.1. The Balaban J connectivity index is 1.95. The van der Waals surface area contributed by atoms with Crippen LogP contribution < -0.4 is 15.4 Å². The van der Waals surface area contributed by atoms with Crippen LogP contribution in [0.5, 0.6) is 5.75 Å². The number of carbonyl (C=O) groups is 1. The van der Waals surface area contributed by atoms with Crippen LogP contribution in [0.2, 0.25) is 5.02 Å². The van der Waals surface area contributed by atoms with Gasteiger partial charge in [-0.25, -0.2) is 0 Å². The van der Waals surface area contributed by atoms with Crippen LogP contribution in [0.1, 0.15) is 12.0 Å². The highest BCUT2D eigenvalue weighted by molar-refractivity contribution is 6.30. The summed E-state index contributed by atoms with van der Waals surface area (Å²) < 4.78 is 5.21. The van der Waals surface area contributed by atoms with Crippen molar-refractivity contribution in [3.05, 3.63) is 28.8 Å². The standard InChI is InChI=1S/C13H17ClN2O3/c1-19-12-3-2-9(14)4-8(12)6-16-13(18)11-5-10(17)7-15-11/h2-4,10-11,15,17H,5-7H2,1H3,(H,16,18)/t10-,11+/m1/s1. The first-order valence-corrected chi connectivity index (χ1v) is 6.49. The van der Waals surface area contributed by atoms with Crippen molar-refractivity contribution in [3.8, 4) is 5.75 Å². The van der Waals surface area contributed by atoms with Crippen LogP contribution in [0.15, 0.2) is 18.2 Å². The van der Waals surface area contributed by atoms with E-state index >= 15 is 0 Å². The van der Waals surface area contributed by atoms with Crippen molar-refractivity contribution >= 4 is 17.5 Å². The SMILES string of the molecule is COc1ccc(Cl)cc1CNC(=O)[C@@H]1C[C@@H](O)CN1. The number of rotatable bonds is 4. The van der Waals surface area contributed by atoms with E-state index < -0.39 is 6.10 Å². The van der Waals surface area contributed by atoms with Gasteiger partial charge in [0.25, 0.3) is 0 Å². The van der Waals surface area contributed by atoms with Gasteiger partial charge in [0, 0.05) is 23.7 Å². The van der Waals surface area contributed by atoms with Gasteiger partial charge in [0.1, 0.15) is 5.75 Å². The number of β-amino-alcohol motifs (C(OH)–C–C–N with tert-alkyl or cyclic N) is 1. The third-order valence-corrected chi connectivity index (χ3v) is 3.35. The summed E-state index contributed by atoms with van der Waals surface area (Å²) in [4.78, 5) is 11.9. The normalized spacial score (nSPS) is 22.3. The highest BCUT2D eigenvalue weighted by Gasteiger charge is 2.27. The monoisotopic (exact) mass is 284 g/mol. The van der Waals surface area contributed by atoms with Crippen LogP contribution in [-0.2, 0) is 11.3 Å². The molecule has 19 heavy (non-hydrogen) atoms. The number of ether oxygens (including phenoxy) is 1. The molecule has 6 heteroatoms. The molecule has 1 fully saturated rings. The molecule has 1 aliphatic rings. The van der Waals surface area contributed by atoms with E-state index in [2.05, 4.69) is 10.6 Å². The number of benzene rings is 1. The number of halogens is 1. The number of aliphatic hydroxyl groups excluding tert-OH is 1. The molecule has 0 unspecified atom stereocenters. The first-order chi connectivity index (χ1) is 9.10. The number of hydrogen-bond donors (Lipinski definition) is 3. The largest absolute Gasteiger partial charge is 0.496 e. The maximum atomic E-state index is 11.9. The maximum Gasteiger partial charge on any atom is 0.237 e. The Morgan fingerprint density at radius 3 is 3.05 bits per heavy atom. The molecular weight excluding hydrogens is 268 g/mol. The summed E-state index contributed by atoms with van der Waals surface area (Å²) in [5.41, 5.74) is 0.821. The van der Waals surface area contributed by atoms with Crippen molar-refractivity contribution in [1.29, 1.82) is 0 Å². The summed E-state index contributed by atoms with van der Waals surface area (Å²) in [6.07, 6.45) is -0.00476. The fraction of sp³-hybridized carbons (Fsp3) is 0.462. The first-order valence-electron chi connectivity index (χ1n) is 6.11. The second-order valence-electron chi connectivity index (χ2n) is 4.52. The summed E-state index contributed by atoms with van der Waals surface area (Å²) in [6.45, 7) is 0.801. The fourth-order valence-electron chi connectivity index (χ4n) is 2.11. The van der Waals surface area contributed by atoms with Crippen LogP contribution in [0.3, 0.4) is 0 Å². The Bertz CT molecular complexity index is 467. The molecule has 1 saturated heterocycles. The quantitative estimate of drug-likeness (QED) is 0.761. The molecule has 1 aliphatic heterocycles. The zero-order valence-corrected chi connectivity index (χ0v) is 11.4. The van der Waals surface area contributed by atoms with Gasteiger partial charge in [-0.2, -0.15) is 0 Å². The molecule has 2 atom stereocenters. The van der Waals surface area contributed by atoms with Gasteiger partial charge in [-0.3, -0.25) is 4.79 Å². The molecule has 0 radical (unpaired) electrons. The molecular formula is C13H17ClN2O3. The summed E-state index contributed by atoms with van der Waals surface area (Å²) in [6, 6.07) is 4.93. The Kier molecular flexibility index (Phi) is 4.63. The van der Waals surface area contributed by atoms with Gasteiger partial charge >= 0.3 is 0 Å². The van der Waals surface area contributed by atoms with Crippen LogP contribution in [0.4, 0.5) is 0 Å². The minimum atomic E-state index is -0.448. The minimum absolute atomic E-state index is 0.126. The van der Waals surface area contributed by atoms with Crippen LogP contribution >= 0.6 is 11.6 Å². The van der Waals surface area contributed by atoms with E-state index in [-0.39, 0.29) is 11.9 Å². The van der Waals surface area contributed by atoms with Crippen molar-refractivity contribution in [2.45, 2.75) is 25.1 Å². The van der Waals surface area contributed by atoms with E-state index in [0.717, 1.165) is 5.56 Å². The predicted molar refractivity (Wildman–Crippen MR) is 72.3 cm³/mol. The van der Waals surface area contributed by atoms with Crippen LogP contribution in [0.25, 0.3) is 0 Å². The minimum Gasteiger partial charge on any atom is -0.496 e. The second-order valence-corrected chi connectivity index (χ2v) is 4.96. The van der Waals surface area contributed by atoms with E-state index in [0.29, 0.717) is 30.3 Å². The Hall–Kier alpha value is -1.30. The molecule has 3 N–H and O–H groups in total. The molecule has 1 heterocycles. The Morgan fingerprint density at radius 1 is 1.63 bits per heavy atom. The van der Waals surface area contributed by atoms with Gasteiger partial charge in [0.05, 0.1) is 19.3 Å². The van der Waals surface area contributed by atoms with Gasteiger partial charge in [0.2, 0.25) is 5.91 Å². The van der Waals surface area contributed by atoms with Crippen molar-refractivity contribution in [2.75, 3.05) is 13.7 Å². The molecule has 2 rings (SSSR count). The van der Waals surface area contributed by atoms with Gasteiger partial charge in [-0.05, 0) is 24.6 Å². The van der Waals surface area contributed by atoms with Crippen LogP contribution in [-0.4, -0.2) is 36.8 Å². The van der Waals surface area contributed by atoms with E-state index in [1.807, 2.05) is 0 Å². The number of aliphatic hydroxyl groups is 1. The van der Waals surface area contributed by atoms with Crippen molar-refractivity contribution in [1.82, 2.24) is 10.6 Å². The lowest BCUT2D eigenvalue weighted by Gasteiger charge is -2.13. The third-order valence-electron chi connectivity index (χ3n) is 3.12. The molecule has 0 bridgehead atoms. The molecule has 0 aromatic heterocycles. The van der Waals surface area contributed by atoms with E-state index in [1.165, 1.54) is 0 Å². The molecule has 1 amide bonds. The number of nitrogens with one attached hydrogen (secondary N) is 2. The lowest BCUT2D eigenvalue weighted by Crippen LogP contribution is -2.40. The Morgan fingerprint density at radius 2 is 2.42 bits per heavy atom. The van der Waals surface area contributed by atoms with Gasteiger partial charge in [0.15, 0.2) is 0 Å². The van der Waals surface area contributed by atoms with E-state index in [4.69, 9.17) is 16.3 Å². The maximum absolute atomic E-state index is 11.9. The fourth-order valence-corrected chi connectivity index (χ4v) is 2.30. The number of methoxy groups -OCH3 is 1. The molecule has 1 aromatic carbocycles. The van der Waals surface area contributed by atoms with Gasteiger partial charge in [-0.1, -0.05) is 11.6 Å². The zero-order valence-electron chi connectivity index (χ0n) is 10.6. The first kappa shape index (κ1) is 14.1. The zero-order chi connectivity index (χ0) is 13.8. The molecule has 104 valence electrons. The van der Waals surface area contributed by atoms with Gasteiger partial charge in [-0.15, -0.1) is 0 Å². The average Bonchev–Trinajstić information content (AvgIpc) is 2.83. The molecule has 1 aromatic rings. The predicted octanol–water partition coefficient (Wildman–Crippen LogP) is 0.688. The topological polar surface area (TPSA) is 70.6 Å². The Labute approximate surface area is 116 Å². The number of amides is 1. The molecule has 0 spiro atoms. The number of carbonyl (C=O) groups excluding carboxylic acids is 1. The average molecular weight is 285 g/mol. The summed E-state index contributed by atoms with van der Waals surface area (Å²) in [5.74, 6) is 0.558. The van der Waals surface area contributed by atoms with Crippen molar-refractivity contribution in [2.24, 2.45) is 0 Å². The lowest BCUT2D eigenvalue weighted by molar-refractivity contribution is -0.123. The second kappa shape index (κ2) is 6.23. The summed E-state index contributed by atoms with van der Waals surface area (Å²) in [5, 5.41) is 15.7. The molecule has 0 saturated carbocycles. The van der Waals surface area contributed by atoms with E-state index in [9.17, 15) is 9.90 Å². The van der Waals surface area contributed by atoms with Crippen LogP contribution in [0, 0.1) is 0 Å². The van der Waals surface area contributed by atoms with Gasteiger partial charge < -0.3 is 20.5 Å². The smallest absolute Gasteiger partial charge is 0.237 e. The highest BCUT2D eigenvalue weighted by Crippen LogP contribution is 2.22. The van der Waals surface area contributed by atoms with E-state index in [1.54, 1.807) is 25.3 Å². The molecule has 0 aliphatic carbocycles.